The van der Waals surface area contributed by atoms with E-state index in [9.17, 15) is 28.1 Å². The van der Waals surface area contributed by atoms with Gasteiger partial charge < -0.3 is 9.88 Å². The molecule has 0 saturated carbocycles. The lowest BCUT2D eigenvalue weighted by atomic mass is 9.84. The zero-order valence-corrected chi connectivity index (χ0v) is 20.3. The molecule has 1 fully saturated rings. The predicted octanol–water partition coefficient (Wildman–Crippen LogP) is 3.13. The van der Waals surface area contributed by atoms with E-state index in [1.807, 2.05) is 6.07 Å². The van der Waals surface area contributed by atoms with Gasteiger partial charge in [-0.05, 0) is 55.7 Å². The van der Waals surface area contributed by atoms with E-state index in [4.69, 9.17) is 0 Å². The Kier molecular flexibility index (Phi) is 5.97. The van der Waals surface area contributed by atoms with Gasteiger partial charge in [0.05, 0.1) is 9.82 Å². The molecule has 10 nitrogen and oxygen atoms in total. The molecule has 186 valence electrons. The number of benzene rings is 2. The fraction of sp³-hybridized carbons (Fsp3) is 0.280. The zero-order valence-electron chi connectivity index (χ0n) is 19.5. The number of hydrogen-bond acceptors (Lipinski definition) is 6. The van der Waals surface area contributed by atoms with Crippen molar-refractivity contribution in [2.45, 2.75) is 30.7 Å². The van der Waals surface area contributed by atoms with Gasteiger partial charge in [0.2, 0.25) is 10.0 Å². The van der Waals surface area contributed by atoms with Crippen LogP contribution in [0, 0.1) is 23.0 Å². The van der Waals surface area contributed by atoms with E-state index in [-0.39, 0.29) is 39.1 Å². The second-order valence-electron chi connectivity index (χ2n) is 9.21. The smallest absolute Gasteiger partial charge is 0.273 e. The quantitative estimate of drug-likeness (QED) is 0.416. The Morgan fingerprint density at radius 1 is 1.03 bits per heavy atom. The number of hydrogen-bond donors (Lipinski definition) is 1. The van der Waals surface area contributed by atoms with Crippen LogP contribution in [-0.2, 0) is 16.6 Å². The van der Waals surface area contributed by atoms with E-state index >= 15 is 0 Å². The largest absolute Gasteiger partial charge is 0.322 e. The van der Waals surface area contributed by atoms with Crippen LogP contribution in [0.25, 0.3) is 0 Å². The minimum Gasteiger partial charge on any atom is -0.322 e. The molecule has 1 amide bonds. The maximum absolute atomic E-state index is 13.4. The number of fused-ring (bicyclic) bond motifs is 4. The average Bonchev–Trinajstić information content (AvgIpc) is 2.85. The minimum atomic E-state index is -3.78. The van der Waals surface area contributed by atoms with Crippen LogP contribution in [0.2, 0.25) is 0 Å². The van der Waals surface area contributed by atoms with Gasteiger partial charge in [-0.3, -0.25) is 19.7 Å². The van der Waals surface area contributed by atoms with Crippen molar-refractivity contribution < 1.29 is 18.1 Å². The molecule has 3 aromatic rings. The lowest BCUT2D eigenvalue weighted by molar-refractivity contribution is -0.385. The van der Waals surface area contributed by atoms with Gasteiger partial charge in [-0.25, -0.2) is 8.42 Å². The van der Waals surface area contributed by atoms with Gasteiger partial charge in [0, 0.05) is 60.2 Å². The molecule has 11 heteroatoms. The highest BCUT2D eigenvalue weighted by Crippen LogP contribution is 2.37. The summed E-state index contributed by atoms with van der Waals surface area (Å²) in [6.45, 7) is 2.64. The number of piperidine rings is 1. The van der Waals surface area contributed by atoms with E-state index in [1.54, 1.807) is 10.6 Å². The summed E-state index contributed by atoms with van der Waals surface area (Å²) in [5.41, 5.74) is 1.44. The number of rotatable bonds is 5. The fourth-order valence-electron chi connectivity index (χ4n) is 5.17. The van der Waals surface area contributed by atoms with Crippen molar-refractivity contribution in [1.82, 2.24) is 8.87 Å². The second kappa shape index (κ2) is 8.99. The third-order valence-electron chi connectivity index (χ3n) is 6.94. The second-order valence-corrected chi connectivity index (χ2v) is 11.1. The number of nitro groups is 1. The molecule has 2 bridgehead atoms. The number of nitrogens with zero attached hydrogens (tertiary/aromatic N) is 3. The third-order valence-corrected chi connectivity index (χ3v) is 8.79. The van der Waals surface area contributed by atoms with Gasteiger partial charge in [0.1, 0.15) is 0 Å². The molecule has 0 spiro atoms. The monoisotopic (exact) mass is 508 g/mol. The molecule has 0 radical (unpaired) electrons. The van der Waals surface area contributed by atoms with Crippen LogP contribution in [0.1, 0.15) is 34.0 Å². The van der Waals surface area contributed by atoms with Gasteiger partial charge in [-0.2, -0.15) is 4.31 Å². The van der Waals surface area contributed by atoms with Crippen LogP contribution >= 0.6 is 0 Å². The molecule has 1 saturated heterocycles. The number of anilines is 1. The molecule has 0 aliphatic carbocycles. The lowest BCUT2D eigenvalue weighted by Crippen LogP contribution is -2.48. The summed E-state index contributed by atoms with van der Waals surface area (Å²) in [5, 5.41) is 13.8. The van der Waals surface area contributed by atoms with E-state index in [0.717, 1.165) is 12.1 Å². The van der Waals surface area contributed by atoms with Crippen molar-refractivity contribution in [2.24, 2.45) is 5.92 Å². The normalized spacial score (nSPS) is 19.4. The summed E-state index contributed by atoms with van der Waals surface area (Å²) in [5.74, 6) is -0.509. The third kappa shape index (κ3) is 4.20. The molecular weight excluding hydrogens is 484 g/mol. The Hall–Kier alpha value is -3.83. The van der Waals surface area contributed by atoms with Crippen LogP contribution in [-0.4, -0.2) is 41.2 Å². The van der Waals surface area contributed by atoms with Crippen molar-refractivity contribution >= 4 is 27.3 Å². The number of nitrogens with one attached hydrogen (secondary N) is 1. The van der Waals surface area contributed by atoms with Crippen LogP contribution in [0.15, 0.2) is 70.4 Å². The van der Waals surface area contributed by atoms with E-state index < -0.39 is 20.9 Å². The summed E-state index contributed by atoms with van der Waals surface area (Å²) in [6, 6.07) is 15.3. The van der Waals surface area contributed by atoms with E-state index in [2.05, 4.69) is 5.32 Å². The van der Waals surface area contributed by atoms with Crippen LogP contribution < -0.4 is 10.9 Å². The molecule has 5 rings (SSSR count). The van der Waals surface area contributed by atoms with Crippen molar-refractivity contribution in [3.05, 3.63) is 98.0 Å². The van der Waals surface area contributed by atoms with Gasteiger partial charge in [0.15, 0.2) is 0 Å². The maximum Gasteiger partial charge on any atom is 0.273 e. The Labute approximate surface area is 207 Å². The van der Waals surface area contributed by atoms with Gasteiger partial charge >= 0.3 is 0 Å². The SMILES string of the molecule is Cc1c(C(=O)Nc2ccc(S(=O)(=O)N3CC4CC(C3)c3cccc(=O)n3C4)cc2)cccc1[N+](=O)[O-]. The molecule has 3 heterocycles. The Balaban J connectivity index is 1.33. The van der Waals surface area contributed by atoms with Crippen molar-refractivity contribution in [3.8, 4) is 0 Å². The average molecular weight is 509 g/mol. The first-order chi connectivity index (χ1) is 17.1. The molecule has 1 aromatic heterocycles. The van der Waals surface area contributed by atoms with E-state index in [0.29, 0.717) is 25.3 Å². The summed E-state index contributed by atoms with van der Waals surface area (Å²) in [4.78, 5) is 35.6. The number of pyridine rings is 1. The number of nitro benzene ring substituents is 1. The van der Waals surface area contributed by atoms with Gasteiger partial charge in [0.25, 0.3) is 17.2 Å². The predicted molar refractivity (Wildman–Crippen MR) is 133 cm³/mol. The van der Waals surface area contributed by atoms with Gasteiger partial charge in [-0.15, -0.1) is 0 Å². The molecule has 2 aliphatic heterocycles. The minimum absolute atomic E-state index is 0.0436. The Morgan fingerprint density at radius 3 is 2.47 bits per heavy atom. The van der Waals surface area contributed by atoms with Crippen molar-refractivity contribution in [3.63, 3.8) is 0 Å². The Bertz CT molecular complexity index is 1530. The number of amides is 1. The maximum atomic E-state index is 13.4. The highest BCUT2D eigenvalue weighted by molar-refractivity contribution is 7.89. The molecule has 2 aromatic carbocycles. The fourth-order valence-corrected chi connectivity index (χ4v) is 6.74. The van der Waals surface area contributed by atoms with Crippen LogP contribution in [0.4, 0.5) is 11.4 Å². The summed E-state index contributed by atoms with van der Waals surface area (Å²) >= 11 is 0. The topological polar surface area (TPSA) is 132 Å². The molecule has 2 atom stereocenters. The number of carbonyl (C=O) groups excluding carboxylic acids is 1. The molecule has 2 unspecified atom stereocenters. The first-order valence-corrected chi connectivity index (χ1v) is 12.9. The summed E-state index contributed by atoms with van der Waals surface area (Å²) in [6.07, 6.45) is 0.845. The molecule has 2 aliphatic rings. The highest BCUT2D eigenvalue weighted by Gasteiger charge is 2.39. The lowest BCUT2D eigenvalue weighted by Gasteiger charge is -2.42. The molecular formula is C25H24N4O6S. The Morgan fingerprint density at radius 2 is 1.75 bits per heavy atom. The first kappa shape index (κ1) is 23.9. The summed E-state index contributed by atoms with van der Waals surface area (Å²) < 4.78 is 30.0. The van der Waals surface area contributed by atoms with Gasteiger partial charge in [-0.1, -0.05) is 12.1 Å². The number of sulfonamides is 1. The standard InChI is InChI=1S/C25H24N4O6S/c1-16-21(4-2-5-22(16)29(32)33)25(31)26-19-8-10-20(11-9-19)36(34,35)27-13-17-12-18(15-27)23-6-3-7-24(30)28(23)14-17/h2-11,17-18H,12-15H2,1H3,(H,26,31). The van der Waals surface area contributed by atoms with Crippen LogP contribution in [0.5, 0.6) is 0 Å². The zero-order chi connectivity index (χ0) is 25.6. The van der Waals surface area contributed by atoms with E-state index in [1.165, 1.54) is 59.8 Å². The first-order valence-electron chi connectivity index (χ1n) is 11.5. The number of carbonyl (C=O) groups is 1. The molecule has 1 N–H and O–H groups in total. The van der Waals surface area contributed by atoms with Crippen LogP contribution in [0.3, 0.4) is 0 Å². The van der Waals surface area contributed by atoms with Crippen molar-refractivity contribution in [1.29, 1.82) is 0 Å². The number of aromatic nitrogens is 1. The summed E-state index contributed by atoms with van der Waals surface area (Å²) in [7, 11) is -3.78. The van der Waals surface area contributed by atoms with Crippen molar-refractivity contribution in [2.75, 3.05) is 18.4 Å². The highest BCUT2D eigenvalue weighted by atomic mass is 32.2. The molecule has 36 heavy (non-hydrogen) atoms.